The summed E-state index contributed by atoms with van der Waals surface area (Å²) in [4.78, 5) is 24.0. The summed E-state index contributed by atoms with van der Waals surface area (Å²) in [6.45, 7) is 1.15. The molecule has 1 aromatic carbocycles. The topological polar surface area (TPSA) is 92.6 Å². The molecule has 3 N–H and O–H groups in total. The maximum absolute atomic E-state index is 13.2. The van der Waals surface area contributed by atoms with Gasteiger partial charge in [-0.15, -0.1) is 0 Å². The summed E-state index contributed by atoms with van der Waals surface area (Å²) in [7, 11) is 0. The third-order valence-electron chi connectivity index (χ3n) is 4.29. The Morgan fingerprint density at radius 3 is 2.59 bits per heavy atom. The summed E-state index contributed by atoms with van der Waals surface area (Å²) in [5.74, 6) is -0.457. The molecule has 2 heterocycles. The van der Waals surface area contributed by atoms with Crippen LogP contribution in [-0.2, 0) is 4.74 Å². The van der Waals surface area contributed by atoms with Crippen molar-refractivity contribution in [3.63, 3.8) is 0 Å². The minimum absolute atomic E-state index is 0.153. The van der Waals surface area contributed by atoms with Crippen LogP contribution in [0.2, 0.25) is 0 Å². The van der Waals surface area contributed by atoms with E-state index >= 15 is 0 Å². The average molecular weight is 375 g/mol. The van der Waals surface area contributed by atoms with Crippen molar-refractivity contribution in [2.24, 2.45) is 0 Å². The quantitative estimate of drug-likeness (QED) is 0.648. The molecule has 0 spiro atoms. The van der Waals surface area contributed by atoms with E-state index in [0.29, 0.717) is 6.61 Å². The summed E-state index contributed by atoms with van der Waals surface area (Å²) in [6.07, 6.45) is 3.01. The first-order valence-corrected chi connectivity index (χ1v) is 8.86. The Morgan fingerprint density at radius 1 is 1.15 bits per heavy atom. The van der Waals surface area contributed by atoms with Gasteiger partial charge in [-0.05, 0) is 42.7 Å². The molecule has 0 radical (unpaired) electrons. The van der Waals surface area contributed by atoms with Gasteiger partial charge in [-0.3, -0.25) is 4.79 Å². The van der Waals surface area contributed by atoms with Gasteiger partial charge in [0.1, 0.15) is 5.82 Å². The van der Waals surface area contributed by atoms with Gasteiger partial charge in [-0.1, -0.05) is 12.1 Å². The second-order valence-corrected chi connectivity index (χ2v) is 6.21. The highest BCUT2D eigenvalue weighted by Gasteiger charge is 2.28. The number of rotatable bonds is 7. The highest BCUT2D eigenvalue weighted by molar-refractivity contribution is 5.91. The molecule has 1 aliphatic rings. The lowest BCUT2D eigenvalue weighted by atomic mass is 9.99. The van der Waals surface area contributed by atoms with Gasteiger partial charge in [0.2, 0.25) is 0 Å². The summed E-state index contributed by atoms with van der Waals surface area (Å²) >= 11 is 0. The monoisotopic (exact) mass is 375 g/mol. The minimum atomic E-state index is -0.382. The number of benzene rings is 1. The van der Waals surface area contributed by atoms with Crippen molar-refractivity contribution in [3.05, 3.63) is 59.8 Å². The number of amides is 3. The van der Waals surface area contributed by atoms with Crippen LogP contribution in [-0.4, -0.2) is 37.7 Å². The fraction of sp³-hybridized carbons (Fsp3) is 0.368. The van der Waals surface area contributed by atoms with Crippen LogP contribution in [0.25, 0.3) is 0 Å². The molecule has 1 saturated heterocycles. The fourth-order valence-corrected chi connectivity index (χ4v) is 2.97. The van der Waals surface area contributed by atoms with E-state index in [-0.39, 0.29) is 48.8 Å². The molecule has 3 rings (SSSR count). The summed E-state index contributed by atoms with van der Waals surface area (Å²) in [5.41, 5.74) is 0.782. The maximum Gasteiger partial charge on any atom is 0.315 e. The SMILES string of the molecule is O=C(NCCNC(=O)c1ccco1)NC(c1ccc(F)cc1)C1CCCO1. The molecule has 0 bridgehead atoms. The largest absolute Gasteiger partial charge is 0.459 e. The van der Waals surface area contributed by atoms with Crippen LogP contribution in [0, 0.1) is 5.82 Å². The number of carbonyl (C=O) groups is 2. The Hall–Kier alpha value is -2.87. The summed E-state index contributed by atoms with van der Waals surface area (Å²) in [5, 5.41) is 8.22. The van der Waals surface area contributed by atoms with Crippen LogP contribution in [0.4, 0.5) is 9.18 Å². The minimum Gasteiger partial charge on any atom is -0.459 e. The Kier molecular flexibility index (Phi) is 6.43. The van der Waals surface area contributed by atoms with E-state index in [0.717, 1.165) is 18.4 Å². The molecular weight excluding hydrogens is 353 g/mol. The second-order valence-electron chi connectivity index (χ2n) is 6.21. The van der Waals surface area contributed by atoms with Gasteiger partial charge in [0.15, 0.2) is 5.76 Å². The third kappa shape index (κ3) is 5.30. The van der Waals surface area contributed by atoms with Gasteiger partial charge in [-0.2, -0.15) is 0 Å². The van der Waals surface area contributed by atoms with E-state index in [4.69, 9.17) is 9.15 Å². The summed E-state index contributed by atoms with van der Waals surface area (Å²) in [6, 6.07) is 8.45. The molecule has 0 saturated carbocycles. The van der Waals surface area contributed by atoms with Crippen LogP contribution in [0.5, 0.6) is 0 Å². The number of halogens is 1. The van der Waals surface area contributed by atoms with Crippen molar-refractivity contribution in [1.29, 1.82) is 0 Å². The van der Waals surface area contributed by atoms with Crippen LogP contribution >= 0.6 is 0 Å². The molecule has 2 unspecified atom stereocenters. The first-order valence-electron chi connectivity index (χ1n) is 8.86. The molecule has 2 aromatic rings. The zero-order chi connectivity index (χ0) is 19.1. The second kappa shape index (κ2) is 9.18. The third-order valence-corrected chi connectivity index (χ3v) is 4.29. The van der Waals surface area contributed by atoms with Crippen molar-refractivity contribution >= 4 is 11.9 Å². The molecule has 27 heavy (non-hydrogen) atoms. The Morgan fingerprint density at radius 2 is 1.93 bits per heavy atom. The number of hydrogen-bond donors (Lipinski definition) is 3. The van der Waals surface area contributed by atoms with E-state index in [2.05, 4.69) is 16.0 Å². The van der Waals surface area contributed by atoms with Gasteiger partial charge >= 0.3 is 6.03 Å². The van der Waals surface area contributed by atoms with Gasteiger partial charge in [-0.25, -0.2) is 9.18 Å². The van der Waals surface area contributed by atoms with E-state index < -0.39 is 0 Å². The standard InChI is InChI=1S/C19H22FN3O4/c20-14-7-5-13(6-8-14)17(15-3-1-11-26-15)23-19(25)22-10-9-21-18(24)16-4-2-12-27-16/h2,4-8,12,15,17H,1,3,9-11H2,(H,21,24)(H2,22,23,25). The molecule has 7 nitrogen and oxygen atoms in total. The number of ether oxygens (including phenoxy) is 1. The lowest BCUT2D eigenvalue weighted by molar-refractivity contribution is 0.0807. The predicted molar refractivity (Wildman–Crippen MR) is 95.7 cm³/mol. The zero-order valence-corrected chi connectivity index (χ0v) is 14.7. The lowest BCUT2D eigenvalue weighted by Gasteiger charge is -2.25. The van der Waals surface area contributed by atoms with E-state index in [1.54, 1.807) is 24.3 Å². The van der Waals surface area contributed by atoms with Crippen LogP contribution in [0.15, 0.2) is 47.1 Å². The smallest absolute Gasteiger partial charge is 0.315 e. The van der Waals surface area contributed by atoms with Crippen LogP contribution in [0.3, 0.4) is 0 Å². The highest BCUT2D eigenvalue weighted by atomic mass is 19.1. The van der Waals surface area contributed by atoms with Crippen LogP contribution < -0.4 is 16.0 Å². The van der Waals surface area contributed by atoms with Crippen molar-refractivity contribution in [2.75, 3.05) is 19.7 Å². The lowest BCUT2D eigenvalue weighted by Crippen LogP contribution is -2.44. The number of nitrogens with one attached hydrogen (secondary N) is 3. The molecule has 1 fully saturated rings. The van der Waals surface area contributed by atoms with Crippen molar-refractivity contribution in [1.82, 2.24) is 16.0 Å². The molecule has 144 valence electrons. The van der Waals surface area contributed by atoms with Crippen molar-refractivity contribution in [2.45, 2.75) is 25.0 Å². The fourth-order valence-electron chi connectivity index (χ4n) is 2.97. The zero-order valence-electron chi connectivity index (χ0n) is 14.7. The van der Waals surface area contributed by atoms with Crippen LogP contribution in [0.1, 0.15) is 35.0 Å². The highest BCUT2D eigenvalue weighted by Crippen LogP contribution is 2.27. The number of carbonyl (C=O) groups excluding carboxylic acids is 2. The number of furan rings is 1. The predicted octanol–water partition coefficient (Wildman–Crippen LogP) is 2.37. The van der Waals surface area contributed by atoms with Crippen molar-refractivity contribution < 1.29 is 23.1 Å². The normalized spacial score (nSPS) is 17.3. The Balaban J connectivity index is 1.48. The Labute approximate surface area is 156 Å². The molecule has 1 aliphatic heterocycles. The van der Waals surface area contributed by atoms with Gasteiger partial charge in [0.25, 0.3) is 5.91 Å². The maximum atomic E-state index is 13.2. The number of hydrogen-bond acceptors (Lipinski definition) is 4. The first-order chi connectivity index (χ1) is 13.1. The summed E-state index contributed by atoms with van der Waals surface area (Å²) < 4.78 is 23.9. The van der Waals surface area contributed by atoms with Gasteiger partial charge in [0, 0.05) is 19.7 Å². The molecule has 8 heteroatoms. The van der Waals surface area contributed by atoms with Gasteiger partial charge < -0.3 is 25.1 Å². The molecule has 0 aliphatic carbocycles. The van der Waals surface area contributed by atoms with E-state index in [1.165, 1.54) is 18.4 Å². The molecular formula is C19H22FN3O4. The van der Waals surface area contributed by atoms with Crippen molar-refractivity contribution in [3.8, 4) is 0 Å². The van der Waals surface area contributed by atoms with E-state index in [9.17, 15) is 14.0 Å². The first kappa shape index (κ1) is 18.9. The average Bonchev–Trinajstić information content (AvgIpc) is 3.38. The Bertz CT molecular complexity index is 743. The molecule has 3 amide bonds. The number of urea groups is 1. The molecule has 2 atom stereocenters. The van der Waals surface area contributed by atoms with Gasteiger partial charge in [0.05, 0.1) is 18.4 Å². The van der Waals surface area contributed by atoms with E-state index in [1.807, 2.05) is 0 Å². The molecule has 1 aromatic heterocycles.